The number of anilines is 3. The smallest absolute Gasteiger partial charge is 0.417 e. The summed E-state index contributed by atoms with van der Waals surface area (Å²) in [6.45, 7) is 1.68. The molecule has 2 aromatic carbocycles. The Morgan fingerprint density at radius 2 is 1.79 bits per heavy atom. The van der Waals surface area contributed by atoms with Crippen LogP contribution in [0.5, 0.6) is 11.6 Å². The van der Waals surface area contributed by atoms with Crippen molar-refractivity contribution in [1.82, 2.24) is 9.97 Å². The molecule has 3 aromatic rings. The lowest BCUT2D eigenvalue weighted by molar-refractivity contribution is -0.137. The maximum absolute atomic E-state index is 13.0. The number of carbonyl (C=O) groups excluding carboxylic acids is 1. The molecule has 0 saturated carbocycles. The number of aromatic nitrogens is 2. The third-order valence-corrected chi connectivity index (χ3v) is 4.47. The summed E-state index contributed by atoms with van der Waals surface area (Å²) in [5.41, 5.74) is -0.725. The lowest BCUT2D eigenvalue weighted by Gasteiger charge is -2.13. The Balaban J connectivity index is 1.60. The van der Waals surface area contributed by atoms with Crippen LogP contribution < -0.4 is 20.7 Å². The number of rotatable bonds is 7. The molecule has 1 aromatic heterocycles. The number of nitrogens with one attached hydrogen (secondary N) is 3. The first-order chi connectivity index (χ1) is 15.6. The number of ether oxygens (including phenoxy) is 1. The van der Waals surface area contributed by atoms with Crippen molar-refractivity contribution in [1.29, 1.82) is 0 Å². The lowest BCUT2D eigenvalue weighted by Crippen LogP contribution is -2.20. The first-order valence-electron chi connectivity index (χ1n) is 9.57. The molecular formula is C21H19ClF3N5O3. The van der Waals surface area contributed by atoms with Crippen LogP contribution in [-0.2, 0) is 6.18 Å². The normalized spacial score (nSPS) is 12.1. The van der Waals surface area contributed by atoms with E-state index in [0.717, 1.165) is 12.1 Å². The number of nitrogens with zero attached hydrogens (tertiary/aromatic N) is 2. The molecule has 12 heteroatoms. The van der Waals surface area contributed by atoms with Gasteiger partial charge in [-0.1, -0.05) is 11.6 Å². The first kappa shape index (κ1) is 24.1. The van der Waals surface area contributed by atoms with Gasteiger partial charge in [0.15, 0.2) is 0 Å². The van der Waals surface area contributed by atoms with E-state index < -0.39 is 22.8 Å². The minimum absolute atomic E-state index is 0.0622. The van der Waals surface area contributed by atoms with E-state index >= 15 is 0 Å². The van der Waals surface area contributed by atoms with Crippen LogP contribution in [0.25, 0.3) is 0 Å². The van der Waals surface area contributed by atoms with Crippen LogP contribution in [0.3, 0.4) is 0 Å². The fraction of sp³-hybridized carbons (Fsp3) is 0.190. The summed E-state index contributed by atoms with van der Waals surface area (Å²) in [5.74, 6) is 0.979. The highest BCUT2D eigenvalue weighted by Gasteiger charge is 2.33. The second-order valence-electron chi connectivity index (χ2n) is 6.84. The second kappa shape index (κ2) is 10.4. The number of urea groups is 1. The molecule has 0 spiro atoms. The third kappa shape index (κ3) is 6.96. The number of benzene rings is 2. The number of amides is 2. The highest BCUT2D eigenvalue weighted by atomic mass is 35.5. The van der Waals surface area contributed by atoms with Crippen molar-refractivity contribution in [3.63, 3.8) is 0 Å². The third-order valence-electron chi connectivity index (χ3n) is 4.14. The number of carbonyl (C=O) groups is 1. The number of hydrogen-bond donors (Lipinski definition) is 4. The Kier molecular flexibility index (Phi) is 7.56. The molecule has 0 aliphatic rings. The molecule has 0 fully saturated rings. The summed E-state index contributed by atoms with van der Waals surface area (Å²) in [7, 11) is 0. The van der Waals surface area contributed by atoms with E-state index in [1.54, 1.807) is 37.3 Å². The zero-order valence-electron chi connectivity index (χ0n) is 17.2. The van der Waals surface area contributed by atoms with Gasteiger partial charge in [0, 0.05) is 29.7 Å². The Morgan fingerprint density at radius 3 is 2.45 bits per heavy atom. The van der Waals surface area contributed by atoms with Gasteiger partial charge in [-0.3, -0.25) is 0 Å². The van der Waals surface area contributed by atoms with Crippen LogP contribution in [0.15, 0.2) is 54.7 Å². The zero-order chi connectivity index (χ0) is 24.0. The van der Waals surface area contributed by atoms with Gasteiger partial charge in [-0.05, 0) is 49.4 Å². The van der Waals surface area contributed by atoms with Crippen molar-refractivity contribution in [2.24, 2.45) is 0 Å². The molecule has 0 unspecified atom stereocenters. The molecule has 33 heavy (non-hydrogen) atoms. The Hall–Kier alpha value is -3.57. The van der Waals surface area contributed by atoms with Crippen LogP contribution in [-0.4, -0.2) is 33.8 Å². The minimum atomic E-state index is -4.64. The van der Waals surface area contributed by atoms with E-state index in [2.05, 4.69) is 25.9 Å². The summed E-state index contributed by atoms with van der Waals surface area (Å²) >= 11 is 5.58. The molecule has 4 N–H and O–H groups in total. The number of halogens is 4. The van der Waals surface area contributed by atoms with E-state index in [1.807, 2.05) is 0 Å². The summed E-state index contributed by atoms with van der Waals surface area (Å²) in [6, 6.07) is 9.91. The fourth-order valence-electron chi connectivity index (χ4n) is 2.58. The molecule has 1 atom stereocenters. The van der Waals surface area contributed by atoms with Crippen molar-refractivity contribution in [2.75, 3.05) is 22.6 Å². The predicted octanol–water partition coefficient (Wildman–Crippen LogP) is 5.38. The number of alkyl halides is 3. The largest absolute Gasteiger partial charge is 0.439 e. The maximum Gasteiger partial charge on any atom is 0.417 e. The van der Waals surface area contributed by atoms with E-state index in [9.17, 15) is 18.0 Å². The average molecular weight is 482 g/mol. The topological polar surface area (TPSA) is 108 Å². The Morgan fingerprint density at radius 1 is 1.12 bits per heavy atom. The number of aliphatic hydroxyl groups excluding tert-OH is 1. The van der Waals surface area contributed by atoms with Gasteiger partial charge < -0.3 is 25.8 Å². The zero-order valence-corrected chi connectivity index (χ0v) is 17.9. The standard InChI is InChI=1S/C21H19ClF3N5O3/c1-12(11-31)27-19-26-9-8-18(30-19)33-15-5-2-13(3-6-15)28-20(32)29-14-4-7-17(22)16(10-14)21(23,24)25/h2-10,12,31H,11H2,1H3,(H,26,27,30)(H2,28,29,32)/t12-/m0/s1. The van der Waals surface area contributed by atoms with Crippen molar-refractivity contribution in [3.05, 3.63) is 65.3 Å². The molecule has 0 aliphatic carbocycles. The van der Waals surface area contributed by atoms with Crippen LogP contribution in [0.4, 0.5) is 35.3 Å². The minimum Gasteiger partial charge on any atom is -0.439 e. The average Bonchev–Trinajstić information content (AvgIpc) is 2.76. The Bertz CT molecular complexity index is 1110. The molecule has 0 radical (unpaired) electrons. The lowest BCUT2D eigenvalue weighted by atomic mass is 10.2. The molecule has 3 rings (SSSR count). The predicted molar refractivity (Wildman–Crippen MR) is 118 cm³/mol. The molecule has 0 saturated heterocycles. The molecular weight excluding hydrogens is 463 g/mol. The molecule has 0 aliphatic heterocycles. The van der Waals surface area contributed by atoms with Gasteiger partial charge in [0.2, 0.25) is 11.8 Å². The van der Waals surface area contributed by atoms with Gasteiger partial charge in [0.25, 0.3) is 0 Å². The highest BCUT2D eigenvalue weighted by molar-refractivity contribution is 6.31. The molecule has 8 nitrogen and oxygen atoms in total. The van der Waals surface area contributed by atoms with Gasteiger partial charge in [-0.2, -0.15) is 18.2 Å². The van der Waals surface area contributed by atoms with Crippen LogP contribution >= 0.6 is 11.6 Å². The quantitative estimate of drug-likeness (QED) is 0.361. The van der Waals surface area contributed by atoms with Crippen LogP contribution in [0.2, 0.25) is 5.02 Å². The van der Waals surface area contributed by atoms with Crippen LogP contribution in [0, 0.1) is 0 Å². The van der Waals surface area contributed by atoms with E-state index in [-0.39, 0.29) is 24.2 Å². The SMILES string of the molecule is C[C@@H](CO)Nc1nccc(Oc2ccc(NC(=O)Nc3ccc(Cl)c(C(F)(F)F)c3)cc2)n1. The van der Waals surface area contributed by atoms with Crippen molar-refractivity contribution in [3.8, 4) is 11.6 Å². The van der Waals surface area contributed by atoms with E-state index in [4.69, 9.17) is 21.4 Å². The summed E-state index contributed by atoms with van der Waals surface area (Å²) in [5, 5.41) is 16.4. The van der Waals surface area contributed by atoms with Gasteiger partial charge in [-0.25, -0.2) is 9.78 Å². The molecule has 174 valence electrons. The molecule has 2 amide bonds. The highest BCUT2D eigenvalue weighted by Crippen LogP contribution is 2.36. The van der Waals surface area contributed by atoms with Gasteiger partial charge >= 0.3 is 12.2 Å². The molecule has 1 heterocycles. The van der Waals surface area contributed by atoms with Crippen molar-refractivity contribution >= 4 is 35.0 Å². The van der Waals surface area contributed by atoms with Gasteiger partial charge in [0.05, 0.1) is 17.2 Å². The summed E-state index contributed by atoms with van der Waals surface area (Å²) < 4.78 is 44.5. The fourth-order valence-corrected chi connectivity index (χ4v) is 2.80. The van der Waals surface area contributed by atoms with Crippen molar-refractivity contribution < 1.29 is 27.8 Å². The number of aliphatic hydroxyl groups is 1. The second-order valence-corrected chi connectivity index (χ2v) is 7.25. The summed E-state index contributed by atoms with van der Waals surface area (Å²) in [4.78, 5) is 20.4. The van der Waals surface area contributed by atoms with E-state index in [1.165, 1.54) is 12.3 Å². The summed E-state index contributed by atoms with van der Waals surface area (Å²) in [6.07, 6.45) is -3.14. The van der Waals surface area contributed by atoms with Gasteiger partial charge in [-0.15, -0.1) is 0 Å². The van der Waals surface area contributed by atoms with Crippen molar-refractivity contribution in [2.45, 2.75) is 19.1 Å². The number of hydrogen-bond acceptors (Lipinski definition) is 6. The first-order valence-corrected chi connectivity index (χ1v) is 9.95. The van der Waals surface area contributed by atoms with E-state index in [0.29, 0.717) is 17.4 Å². The molecule has 0 bridgehead atoms. The Labute approximate surface area is 191 Å². The monoisotopic (exact) mass is 481 g/mol. The van der Waals surface area contributed by atoms with Gasteiger partial charge in [0.1, 0.15) is 5.75 Å². The van der Waals surface area contributed by atoms with Crippen LogP contribution in [0.1, 0.15) is 12.5 Å². The maximum atomic E-state index is 13.0.